The molecule has 1 atom stereocenters. The van der Waals surface area contributed by atoms with Crippen molar-refractivity contribution in [2.24, 2.45) is 5.92 Å². The van der Waals surface area contributed by atoms with Crippen LogP contribution in [0.1, 0.15) is 50.8 Å². The van der Waals surface area contributed by atoms with Crippen LogP contribution in [0.4, 0.5) is 0 Å². The Hall–Kier alpha value is -0.830. The number of hydrogen-bond donors (Lipinski definition) is 1. The van der Waals surface area contributed by atoms with Gasteiger partial charge in [0, 0.05) is 18.3 Å². The van der Waals surface area contributed by atoms with Crippen LogP contribution in [0.3, 0.4) is 0 Å². The van der Waals surface area contributed by atoms with Gasteiger partial charge in [-0.05, 0) is 45.1 Å². The van der Waals surface area contributed by atoms with Gasteiger partial charge in [-0.15, -0.1) is 0 Å². The quantitative estimate of drug-likeness (QED) is 0.869. The lowest BCUT2D eigenvalue weighted by atomic mass is 10.0. The summed E-state index contributed by atoms with van der Waals surface area (Å²) in [7, 11) is 0. The molecule has 0 amide bonds. The molecule has 3 nitrogen and oxygen atoms in total. The van der Waals surface area contributed by atoms with Crippen molar-refractivity contribution >= 4 is 0 Å². The van der Waals surface area contributed by atoms with Gasteiger partial charge in [0.15, 0.2) is 0 Å². The molecule has 1 aromatic rings. The van der Waals surface area contributed by atoms with Crippen molar-refractivity contribution in [2.45, 2.75) is 66.0 Å². The molecule has 0 aliphatic heterocycles. The molecule has 0 bridgehead atoms. The normalized spacial score (nSPS) is 16.9. The summed E-state index contributed by atoms with van der Waals surface area (Å²) in [5.41, 5.74) is 2.87. The molecule has 0 fully saturated rings. The minimum absolute atomic E-state index is 0.574. The van der Waals surface area contributed by atoms with Crippen LogP contribution in [0.15, 0.2) is 0 Å². The fourth-order valence-electron chi connectivity index (χ4n) is 2.79. The average molecular weight is 249 g/mol. The number of hydrogen-bond acceptors (Lipinski definition) is 2. The molecule has 1 unspecified atom stereocenters. The van der Waals surface area contributed by atoms with E-state index >= 15 is 0 Å². The van der Waals surface area contributed by atoms with E-state index < -0.39 is 0 Å². The van der Waals surface area contributed by atoms with E-state index in [-0.39, 0.29) is 0 Å². The molecule has 0 saturated carbocycles. The van der Waals surface area contributed by atoms with E-state index in [9.17, 15) is 0 Å². The first-order valence-corrected chi connectivity index (χ1v) is 7.36. The van der Waals surface area contributed by atoms with Crippen molar-refractivity contribution in [3.8, 4) is 0 Å². The molecule has 1 N–H and O–H groups in total. The molecule has 0 aromatic carbocycles. The summed E-state index contributed by atoms with van der Waals surface area (Å²) in [5.74, 6) is 1.87. The highest BCUT2D eigenvalue weighted by Crippen LogP contribution is 2.22. The maximum absolute atomic E-state index is 4.74. The Morgan fingerprint density at radius 1 is 1.22 bits per heavy atom. The Morgan fingerprint density at radius 3 is 2.67 bits per heavy atom. The Bertz CT molecular complexity index is 393. The van der Waals surface area contributed by atoms with E-state index in [1.54, 1.807) is 0 Å². The molecule has 0 spiro atoms. The molecule has 2 rings (SSSR count). The lowest BCUT2D eigenvalue weighted by Crippen LogP contribution is -2.30. The number of aromatic nitrogens is 2. The van der Waals surface area contributed by atoms with Crippen LogP contribution >= 0.6 is 0 Å². The third-order valence-corrected chi connectivity index (χ3v) is 3.79. The Morgan fingerprint density at radius 2 is 1.94 bits per heavy atom. The highest BCUT2D eigenvalue weighted by atomic mass is 15.1. The second-order valence-corrected chi connectivity index (χ2v) is 6.04. The summed E-state index contributed by atoms with van der Waals surface area (Å²) in [6, 6.07) is 0.574. The van der Waals surface area contributed by atoms with Gasteiger partial charge < -0.3 is 9.88 Å². The topological polar surface area (TPSA) is 29.9 Å². The molecule has 18 heavy (non-hydrogen) atoms. The van der Waals surface area contributed by atoms with Gasteiger partial charge in [0.05, 0.1) is 5.69 Å². The standard InChI is InChI=1S/C15H27N3/c1-11(2)16-9-12(3)10-18-13(4)17-14-7-5-6-8-15(14)18/h11-12,16H,5-10H2,1-4H3. The van der Waals surface area contributed by atoms with E-state index in [4.69, 9.17) is 4.98 Å². The molecule has 1 aliphatic rings. The number of nitrogens with zero attached hydrogens (tertiary/aromatic N) is 2. The first kappa shape index (κ1) is 13.6. The average Bonchev–Trinajstić information content (AvgIpc) is 2.64. The van der Waals surface area contributed by atoms with Gasteiger partial charge in [-0.25, -0.2) is 4.98 Å². The lowest BCUT2D eigenvalue weighted by Gasteiger charge is -2.19. The van der Waals surface area contributed by atoms with Crippen molar-refractivity contribution in [2.75, 3.05) is 6.54 Å². The predicted molar refractivity (Wildman–Crippen MR) is 75.9 cm³/mol. The Balaban J connectivity index is 2.02. The van der Waals surface area contributed by atoms with Crippen LogP contribution < -0.4 is 5.32 Å². The summed E-state index contributed by atoms with van der Waals surface area (Å²) in [4.78, 5) is 4.74. The number of nitrogens with one attached hydrogen (secondary N) is 1. The number of rotatable bonds is 5. The highest BCUT2D eigenvalue weighted by molar-refractivity contribution is 5.19. The molecule has 0 radical (unpaired) electrons. The third-order valence-electron chi connectivity index (χ3n) is 3.79. The molecule has 0 saturated heterocycles. The lowest BCUT2D eigenvalue weighted by molar-refractivity contribution is 0.413. The summed E-state index contributed by atoms with van der Waals surface area (Å²) in [5, 5.41) is 3.52. The highest BCUT2D eigenvalue weighted by Gasteiger charge is 2.19. The van der Waals surface area contributed by atoms with Gasteiger partial charge in [0.25, 0.3) is 0 Å². The molecule has 1 heterocycles. The number of aryl methyl sites for hydroxylation is 2. The van der Waals surface area contributed by atoms with Crippen molar-refractivity contribution in [3.05, 3.63) is 17.2 Å². The fourth-order valence-corrected chi connectivity index (χ4v) is 2.79. The van der Waals surface area contributed by atoms with Crippen molar-refractivity contribution in [3.63, 3.8) is 0 Å². The van der Waals surface area contributed by atoms with Crippen LogP contribution in [0.2, 0.25) is 0 Å². The van der Waals surface area contributed by atoms with Gasteiger partial charge >= 0.3 is 0 Å². The van der Waals surface area contributed by atoms with Gasteiger partial charge in [-0.3, -0.25) is 0 Å². The van der Waals surface area contributed by atoms with Crippen LogP contribution in [0.5, 0.6) is 0 Å². The molecular formula is C15H27N3. The van der Waals surface area contributed by atoms with E-state index in [1.807, 2.05) is 0 Å². The SMILES string of the molecule is Cc1nc2c(n1CC(C)CNC(C)C)CCCC2. The van der Waals surface area contributed by atoms with E-state index in [1.165, 1.54) is 42.9 Å². The van der Waals surface area contributed by atoms with Gasteiger partial charge in [0.2, 0.25) is 0 Å². The monoisotopic (exact) mass is 249 g/mol. The van der Waals surface area contributed by atoms with Gasteiger partial charge in [-0.2, -0.15) is 0 Å². The molecule has 1 aromatic heterocycles. The minimum Gasteiger partial charge on any atom is -0.332 e. The minimum atomic E-state index is 0.574. The fraction of sp³-hybridized carbons (Fsp3) is 0.800. The van der Waals surface area contributed by atoms with E-state index in [2.05, 4.69) is 37.6 Å². The van der Waals surface area contributed by atoms with Crippen LogP contribution in [-0.4, -0.2) is 22.1 Å². The zero-order chi connectivity index (χ0) is 13.1. The summed E-state index contributed by atoms with van der Waals surface area (Å²) in [6.07, 6.45) is 5.05. The molecular weight excluding hydrogens is 222 g/mol. The predicted octanol–water partition coefficient (Wildman–Crippen LogP) is 2.70. The maximum Gasteiger partial charge on any atom is 0.106 e. The van der Waals surface area contributed by atoms with Crippen molar-refractivity contribution in [1.29, 1.82) is 0 Å². The van der Waals surface area contributed by atoms with Crippen LogP contribution in [-0.2, 0) is 19.4 Å². The smallest absolute Gasteiger partial charge is 0.106 e. The summed E-state index contributed by atoms with van der Waals surface area (Å²) < 4.78 is 2.46. The number of fused-ring (bicyclic) bond motifs is 1. The second kappa shape index (κ2) is 5.87. The zero-order valence-electron chi connectivity index (χ0n) is 12.3. The van der Waals surface area contributed by atoms with Gasteiger partial charge in [-0.1, -0.05) is 20.8 Å². The first-order chi connectivity index (χ1) is 8.58. The molecule has 1 aliphatic carbocycles. The zero-order valence-corrected chi connectivity index (χ0v) is 12.3. The second-order valence-electron chi connectivity index (χ2n) is 6.04. The maximum atomic E-state index is 4.74. The third kappa shape index (κ3) is 3.14. The van der Waals surface area contributed by atoms with Crippen LogP contribution in [0.25, 0.3) is 0 Å². The largest absolute Gasteiger partial charge is 0.332 e. The Labute approximate surface area is 111 Å². The van der Waals surface area contributed by atoms with E-state index in [0.29, 0.717) is 12.0 Å². The molecule has 102 valence electrons. The van der Waals surface area contributed by atoms with Crippen molar-refractivity contribution < 1.29 is 0 Å². The summed E-state index contributed by atoms with van der Waals surface area (Å²) >= 11 is 0. The summed E-state index contributed by atoms with van der Waals surface area (Å²) in [6.45, 7) is 11.1. The van der Waals surface area contributed by atoms with Gasteiger partial charge in [0.1, 0.15) is 5.82 Å². The van der Waals surface area contributed by atoms with Crippen molar-refractivity contribution in [1.82, 2.24) is 14.9 Å². The Kier molecular flexibility index (Phi) is 4.44. The molecule has 3 heteroatoms. The number of imidazole rings is 1. The van der Waals surface area contributed by atoms with E-state index in [0.717, 1.165) is 13.1 Å². The van der Waals surface area contributed by atoms with Crippen LogP contribution in [0, 0.1) is 12.8 Å². The first-order valence-electron chi connectivity index (χ1n) is 7.36.